The van der Waals surface area contributed by atoms with Gasteiger partial charge in [0.25, 0.3) is 12.3 Å². The molecule has 1 amide bonds. The Kier molecular flexibility index (Phi) is 6.05. The van der Waals surface area contributed by atoms with Crippen LogP contribution in [0.4, 0.5) is 13.2 Å². The molecule has 1 aliphatic rings. The van der Waals surface area contributed by atoms with Crippen LogP contribution in [0.3, 0.4) is 0 Å². The number of hydrogen-bond acceptors (Lipinski definition) is 2. The number of nitrogens with zero attached hydrogens (tertiary/aromatic N) is 3. The number of hydrogen-bond donors (Lipinski definition) is 0. The van der Waals surface area contributed by atoms with E-state index in [-0.39, 0.29) is 6.04 Å². The van der Waals surface area contributed by atoms with Crippen LogP contribution in [0.2, 0.25) is 0 Å². The minimum absolute atomic E-state index is 0.148. The van der Waals surface area contributed by atoms with Crippen LogP contribution in [0.25, 0.3) is 5.57 Å². The highest BCUT2D eigenvalue weighted by molar-refractivity contribution is 9.11. The first-order valence-corrected chi connectivity index (χ1v) is 10.2. The van der Waals surface area contributed by atoms with Crippen molar-refractivity contribution >= 4 is 43.3 Å². The molecule has 2 aromatic rings. The van der Waals surface area contributed by atoms with E-state index in [9.17, 15) is 18.0 Å². The third-order valence-corrected chi connectivity index (χ3v) is 6.13. The Hall–Kier alpha value is -1.61. The Balaban J connectivity index is 2.01. The number of aryl methyl sites for hydroxylation is 1. The lowest BCUT2D eigenvalue weighted by molar-refractivity contribution is 0.0698. The van der Waals surface area contributed by atoms with Gasteiger partial charge in [-0.2, -0.15) is 9.49 Å². The Labute approximate surface area is 177 Å². The smallest absolute Gasteiger partial charge is 0.283 e. The Morgan fingerprint density at radius 3 is 2.36 bits per heavy atom. The molecule has 28 heavy (non-hydrogen) atoms. The summed E-state index contributed by atoms with van der Waals surface area (Å²) in [4.78, 5) is 14.6. The zero-order chi connectivity index (χ0) is 20.7. The molecule has 4 nitrogen and oxygen atoms in total. The number of halogens is 5. The predicted octanol–water partition coefficient (Wildman–Crippen LogP) is 5.73. The molecule has 9 heteroatoms. The molecular weight excluding hydrogens is 503 g/mol. The van der Waals surface area contributed by atoms with E-state index in [0.29, 0.717) is 10.3 Å². The Morgan fingerprint density at radius 2 is 1.86 bits per heavy atom. The van der Waals surface area contributed by atoms with E-state index in [1.165, 1.54) is 11.9 Å². The van der Waals surface area contributed by atoms with Crippen LogP contribution >= 0.6 is 31.9 Å². The molecule has 0 radical (unpaired) electrons. The van der Waals surface area contributed by atoms with Crippen molar-refractivity contribution in [2.45, 2.75) is 38.3 Å². The maximum atomic E-state index is 14.5. The minimum atomic E-state index is -3.05. The summed E-state index contributed by atoms with van der Waals surface area (Å²) < 4.78 is 43.4. The van der Waals surface area contributed by atoms with Gasteiger partial charge in [-0.1, -0.05) is 44.5 Å². The number of alkyl halides is 2. The fourth-order valence-corrected chi connectivity index (χ4v) is 4.70. The second-order valence-corrected chi connectivity index (χ2v) is 8.43. The van der Waals surface area contributed by atoms with Gasteiger partial charge in [0, 0.05) is 27.6 Å². The van der Waals surface area contributed by atoms with Crippen LogP contribution in [-0.2, 0) is 7.05 Å². The lowest BCUT2D eigenvalue weighted by Gasteiger charge is -2.31. The monoisotopic (exact) mass is 519 g/mol. The van der Waals surface area contributed by atoms with Crippen LogP contribution in [0.15, 0.2) is 33.7 Å². The van der Waals surface area contributed by atoms with Crippen LogP contribution in [0, 0.1) is 5.95 Å². The third-order valence-electron chi connectivity index (χ3n) is 4.81. The van der Waals surface area contributed by atoms with Gasteiger partial charge < -0.3 is 4.90 Å². The molecule has 150 valence electrons. The highest BCUT2D eigenvalue weighted by Crippen LogP contribution is 2.39. The summed E-state index contributed by atoms with van der Waals surface area (Å²) in [7, 11) is 1.19. The predicted molar refractivity (Wildman–Crippen MR) is 108 cm³/mol. The fraction of sp³-hybridized carbons (Fsp3) is 0.368. The lowest BCUT2D eigenvalue weighted by atomic mass is 9.99. The van der Waals surface area contributed by atoms with Gasteiger partial charge in [-0.05, 0) is 37.5 Å². The zero-order valence-electron chi connectivity index (χ0n) is 15.2. The highest BCUT2D eigenvalue weighted by atomic mass is 79.9. The van der Waals surface area contributed by atoms with E-state index in [1.54, 1.807) is 6.92 Å². The molecule has 0 N–H and O–H groups in total. The maximum Gasteiger partial charge on any atom is 0.283 e. The topological polar surface area (TPSA) is 38.1 Å². The normalized spacial score (nSPS) is 15.0. The zero-order valence-corrected chi connectivity index (χ0v) is 18.4. The quantitative estimate of drug-likeness (QED) is 0.488. The van der Waals surface area contributed by atoms with Crippen molar-refractivity contribution in [2.75, 3.05) is 0 Å². The molecule has 1 saturated carbocycles. The summed E-state index contributed by atoms with van der Waals surface area (Å²) in [6.07, 6.45) is -1.59. The Bertz CT molecular complexity index is 920. The van der Waals surface area contributed by atoms with Crippen LogP contribution in [-0.4, -0.2) is 32.7 Å². The molecule has 3 rings (SSSR count). The van der Waals surface area contributed by atoms with Crippen molar-refractivity contribution < 1.29 is 18.0 Å². The molecular formula is C19H18Br2F3N3O. The van der Waals surface area contributed by atoms with E-state index in [0.717, 1.165) is 27.4 Å². The van der Waals surface area contributed by atoms with E-state index in [2.05, 4.69) is 43.5 Å². The van der Waals surface area contributed by atoms with E-state index < -0.39 is 35.6 Å². The van der Waals surface area contributed by atoms with Gasteiger partial charge in [-0.25, -0.2) is 13.5 Å². The average molecular weight is 521 g/mol. The van der Waals surface area contributed by atoms with Crippen LogP contribution < -0.4 is 0 Å². The molecule has 0 saturated heterocycles. The van der Waals surface area contributed by atoms with Gasteiger partial charge in [-0.15, -0.1) is 0 Å². The second kappa shape index (κ2) is 8.02. The molecule has 1 aromatic carbocycles. The number of carbonyl (C=O) groups is 1. The van der Waals surface area contributed by atoms with Crippen LogP contribution in [0.1, 0.15) is 47.8 Å². The lowest BCUT2D eigenvalue weighted by Crippen LogP contribution is -2.41. The number of amides is 1. The summed E-state index contributed by atoms with van der Waals surface area (Å²) in [5.41, 5.74) is -0.123. The van der Waals surface area contributed by atoms with Gasteiger partial charge in [0.15, 0.2) is 0 Å². The van der Waals surface area contributed by atoms with Gasteiger partial charge >= 0.3 is 0 Å². The van der Waals surface area contributed by atoms with E-state index in [1.807, 2.05) is 18.2 Å². The summed E-state index contributed by atoms with van der Waals surface area (Å²) in [5.74, 6) is -1.86. The van der Waals surface area contributed by atoms with Gasteiger partial charge in [0.05, 0.1) is 6.04 Å². The first-order chi connectivity index (χ1) is 13.1. The number of benzene rings is 1. The summed E-state index contributed by atoms with van der Waals surface area (Å²) in [6, 6.07) is 4.86. The van der Waals surface area contributed by atoms with E-state index in [4.69, 9.17) is 0 Å². The molecule has 1 aliphatic carbocycles. The molecule has 1 atom stereocenters. The maximum absolute atomic E-state index is 14.5. The first-order valence-electron chi connectivity index (χ1n) is 8.61. The largest absolute Gasteiger partial charge is 0.329 e. The summed E-state index contributed by atoms with van der Waals surface area (Å²) in [6.45, 7) is 5.89. The van der Waals surface area contributed by atoms with Crippen molar-refractivity contribution in [3.63, 3.8) is 0 Å². The molecule has 1 fully saturated rings. The number of carbonyl (C=O) groups excluding carboxylic acids is 1. The summed E-state index contributed by atoms with van der Waals surface area (Å²) >= 11 is 6.96. The SMILES string of the molecule is C=C(c1c(Br)cccc1Br)C(C)N(C(=O)c1c(C(F)F)nn(C)c1F)C1CC1. The molecule has 0 bridgehead atoms. The van der Waals surface area contributed by atoms with Crippen molar-refractivity contribution in [3.05, 3.63) is 56.5 Å². The fourth-order valence-electron chi connectivity index (χ4n) is 3.19. The van der Waals surface area contributed by atoms with Crippen LogP contribution in [0.5, 0.6) is 0 Å². The van der Waals surface area contributed by atoms with Crippen molar-refractivity contribution in [2.24, 2.45) is 7.05 Å². The second-order valence-electron chi connectivity index (χ2n) is 6.72. The molecule has 1 heterocycles. The number of rotatable bonds is 6. The first kappa shape index (κ1) is 21.1. The van der Waals surface area contributed by atoms with Gasteiger partial charge in [-0.3, -0.25) is 4.79 Å². The van der Waals surface area contributed by atoms with Gasteiger partial charge in [0.1, 0.15) is 11.3 Å². The molecule has 0 spiro atoms. The minimum Gasteiger partial charge on any atom is -0.329 e. The standard InChI is InChI=1S/C19H18Br2F3N3O/c1-9(14-12(20)5-4-6-13(14)21)10(2)27(11-7-8-11)19(28)15-16(17(22)23)25-26(3)18(15)24/h4-6,10-11,17H,1,7-8H2,2-3H3. The Morgan fingerprint density at radius 1 is 1.29 bits per heavy atom. The number of aromatic nitrogens is 2. The van der Waals surface area contributed by atoms with Crippen molar-refractivity contribution in [3.8, 4) is 0 Å². The van der Waals surface area contributed by atoms with Gasteiger partial charge in [0.2, 0.25) is 5.95 Å². The molecule has 0 aliphatic heterocycles. The third kappa shape index (κ3) is 3.78. The highest BCUT2D eigenvalue weighted by Gasteiger charge is 2.41. The average Bonchev–Trinajstić information content (AvgIpc) is 3.40. The van der Waals surface area contributed by atoms with Crippen molar-refractivity contribution in [1.82, 2.24) is 14.7 Å². The van der Waals surface area contributed by atoms with Crippen molar-refractivity contribution in [1.29, 1.82) is 0 Å². The molecule has 1 unspecified atom stereocenters. The molecule has 1 aromatic heterocycles. The summed E-state index contributed by atoms with van der Waals surface area (Å²) in [5, 5.41) is 3.49. The van der Waals surface area contributed by atoms with E-state index >= 15 is 0 Å².